The van der Waals surface area contributed by atoms with Crippen LogP contribution in [0, 0.1) is 0 Å². The van der Waals surface area contributed by atoms with Gasteiger partial charge in [-0.25, -0.2) is 0 Å². The average molecular weight is 263 g/mol. The van der Waals surface area contributed by atoms with Crippen molar-refractivity contribution < 1.29 is 4.74 Å². The molecule has 0 atom stereocenters. The number of hydrogen-bond acceptors (Lipinski definition) is 6. The lowest BCUT2D eigenvalue weighted by atomic mass is 10.3. The van der Waals surface area contributed by atoms with Gasteiger partial charge in [0.2, 0.25) is 11.9 Å². The van der Waals surface area contributed by atoms with Gasteiger partial charge in [-0.05, 0) is 38.5 Å². The zero-order valence-corrected chi connectivity index (χ0v) is 11.4. The Morgan fingerprint density at radius 3 is 2.47 bits per heavy atom. The van der Waals surface area contributed by atoms with Gasteiger partial charge in [-0.15, -0.1) is 0 Å². The summed E-state index contributed by atoms with van der Waals surface area (Å²) in [6.07, 6.45) is 7.40. The third kappa shape index (κ3) is 2.88. The molecule has 2 aliphatic rings. The maximum atomic E-state index is 5.89. The van der Waals surface area contributed by atoms with E-state index in [-0.39, 0.29) is 6.10 Å². The summed E-state index contributed by atoms with van der Waals surface area (Å²) in [6.45, 7) is 2.05. The van der Waals surface area contributed by atoms with E-state index in [4.69, 9.17) is 4.74 Å². The highest BCUT2D eigenvalue weighted by molar-refractivity contribution is 5.38. The van der Waals surface area contributed by atoms with E-state index in [0.29, 0.717) is 12.0 Å². The molecule has 1 N–H and O–H groups in total. The van der Waals surface area contributed by atoms with Crippen molar-refractivity contribution in [1.82, 2.24) is 15.0 Å². The van der Waals surface area contributed by atoms with Crippen LogP contribution in [0.1, 0.15) is 38.5 Å². The third-order valence-corrected chi connectivity index (χ3v) is 3.79. The molecule has 104 valence electrons. The molecule has 0 amide bonds. The maximum Gasteiger partial charge on any atom is 0.323 e. The SMILES string of the molecule is CNc1nc(OC2CCCC2)nc(N2CCCC2)n1. The minimum Gasteiger partial charge on any atom is -0.460 e. The summed E-state index contributed by atoms with van der Waals surface area (Å²) in [5.74, 6) is 1.33. The summed E-state index contributed by atoms with van der Waals surface area (Å²) >= 11 is 0. The monoisotopic (exact) mass is 263 g/mol. The molecule has 1 saturated carbocycles. The highest BCUT2D eigenvalue weighted by Gasteiger charge is 2.21. The van der Waals surface area contributed by atoms with Gasteiger partial charge in [0.05, 0.1) is 0 Å². The zero-order valence-electron chi connectivity index (χ0n) is 11.4. The van der Waals surface area contributed by atoms with Crippen LogP contribution in [0.5, 0.6) is 6.01 Å². The standard InChI is InChI=1S/C13H21N5O/c1-14-11-15-12(18-8-4-5-9-18)17-13(16-11)19-10-6-2-3-7-10/h10H,2-9H2,1H3,(H,14,15,16,17). The first-order chi connectivity index (χ1) is 9.35. The zero-order chi connectivity index (χ0) is 13.1. The van der Waals surface area contributed by atoms with Gasteiger partial charge in [0.1, 0.15) is 6.10 Å². The van der Waals surface area contributed by atoms with Crippen molar-refractivity contribution in [2.45, 2.75) is 44.6 Å². The molecule has 6 heteroatoms. The minimum atomic E-state index is 0.276. The normalized spacial score (nSPS) is 19.9. The topological polar surface area (TPSA) is 63.2 Å². The van der Waals surface area contributed by atoms with E-state index >= 15 is 0 Å². The molecule has 1 aliphatic heterocycles. The van der Waals surface area contributed by atoms with E-state index in [1.54, 1.807) is 0 Å². The third-order valence-electron chi connectivity index (χ3n) is 3.79. The molecular formula is C13H21N5O. The summed E-state index contributed by atoms with van der Waals surface area (Å²) < 4.78 is 5.89. The fraction of sp³-hybridized carbons (Fsp3) is 0.769. The largest absolute Gasteiger partial charge is 0.460 e. The van der Waals surface area contributed by atoms with Gasteiger partial charge >= 0.3 is 6.01 Å². The van der Waals surface area contributed by atoms with Crippen LogP contribution in [0.2, 0.25) is 0 Å². The van der Waals surface area contributed by atoms with Crippen LogP contribution >= 0.6 is 0 Å². The lowest BCUT2D eigenvalue weighted by Gasteiger charge is -2.17. The molecule has 0 unspecified atom stereocenters. The smallest absolute Gasteiger partial charge is 0.323 e. The molecule has 1 aliphatic carbocycles. The summed E-state index contributed by atoms with van der Waals surface area (Å²) in [5, 5.41) is 2.99. The van der Waals surface area contributed by atoms with E-state index in [1.165, 1.54) is 25.7 Å². The van der Waals surface area contributed by atoms with E-state index in [0.717, 1.165) is 31.9 Å². The molecule has 6 nitrogen and oxygen atoms in total. The number of aromatic nitrogens is 3. The summed E-state index contributed by atoms with van der Waals surface area (Å²) in [4.78, 5) is 15.4. The van der Waals surface area contributed by atoms with Crippen LogP contribution in [0.4, 0.5) is 11.9 Å². The van der Waals surface area contributed by atoms with Gasteiger partial charge in [-0.2, -0.15) is 15.0 Å². The van der Waals surface area contributed by atoms with Gasteiger partial charge in [0.25, 0.3) is 0 Å². The van der Waals surface area contributed by atoms with Crippen molar-refractivity contribution in [2.24, 2.45) is 0 Å². The predicted molar refractivity (Wildman–Crippen MR) is 73.7 cm³/mol. The van der Waals surface area contributed by atoms with Gasteiger partial charge in [-0.1, -0.05) is 0 Å². The Morgan fingerprint density at radius 1 is 1.05 bits per heavy atom. The fourth-order valence-corrected chi connectivity index (χ4v) is 2.72. The van der Waals surface area contributed by atoms with Crippen molar-refractivity contribution in [2.75, 3.05) is 30.4 Å². The molecule has 0 aromatic carbocycles. The molecule has 0 bridgehead atoms. The number of nitrogens with zero attached hydrogens (tertiary/aromatic N) is 4. The van der Waals surface area contributed by atoms with Crippen molar-refractivity contribution in [3.63, 3.8) is 0 Å². The molecule has 0 spiro atoms. The molecular weight excluding hydrogens is 242 g/mol. The molecule has 3 rings (SSSR count). The lowest BCUT2D eigenvalue weighted by molar-refractivity contribution is 0.192. The Hall–Kier alpha value is -1.59. The second-order valence-electron chi connectivity index (χ2n) is 5.21. The van der Waals surface area contributed by atoms with E-state index < -0.39 is 0 Å². The van der Waals surface area contributed by atoms with Crippen LogP contribution in [0.3, 0.4) is 0 Å². The highest BCUT2D eigenvalue weighted by Crippen LogP contribution is 2.24. The Kier molecular flexibility index (Phi) is 3.66. The quantitative estimate of drug-likeness (QED) is 0.894. The van der Waals surface area contributed by atoms with Crippen LogP contribution in [0.15, 0.2) is 0 Å². The van der Waals surface area contributed by atoms with Gasteiger partial charge in [0, 0.05) is 20.1 Å². The first-order valence-electron chi connectivity index (χ1n) is 7.20. The van der Waals surface area contributed by atoms with Gasteiger partial charge in [0.15, 0.2) is 0 Å². The van der Waals surface area contributed by atoms with E-state index in [2.05, 4.69) is 25.2 Å². The van der Waals surface area contributed by atoms with Gasteiger partial charge in [-0.3, -0.25) is 0 Å². The van der Waals surface area contributed by atoms with Crippen molar-refractivity contribution >= 4 is 11.9 Å². The molecule has 1 aromatic heterocycles. The number of nitrogens with one attached hydrogen (secondary N) is 1. The molecule has 2 fully saturated rings. The Morgan fingerprint density at radius 2 is 1.79 bits per heavy atom. The van der Waals surface area contributed by atoms with Crippen molar-refractivity contribution in [3.05, 3.63) is 0 Å². The number of ether oxygens (including phenoxy) is 1. The highest BCUT2D eigenvalue weighted by atomic mass is 16.5. The first kappa shape index (κ1) is 12.4. The van der Waals surface area contributed by atoms with E-state index in [9.17, 15) is 0 Å². The molecule has 1 aromatic rings. The Balaban J connectivity index is 1.79. The lowest BCUT2D eigenvalue weighted by Crippen LogP contribution is -2.22. The average Bonchev–Trinajstić information content (AvgIpc) is 3.11. The first-order valence-corrected chi connectivity index (χ1v) is 7.20. The Labute approximate surface area is 113 Å². The summed E-state index contributed by atoms with van der Waals surface area (Å²) in [7, 11) is 1.82. The predicted octanol–water partition coefficient (Wildman–Crippen LogP) is 1.83. The fourth-order valence-electron chi connectivity index (χ4n) is 2.72. The number of hydrogen-bond donors (Lipinski definition) is 1. The minimum absolute atomic E-state index is 0.276. The number of rotatable bonds is 4. The molecule has 1 saturated heterocycles. The van der Waals surface area contributed by atoms with E-state index in [1.807, 2.05) is 7.05 Å². The Bertz CT molecular complexity index is 427. The van der Waals surface area contributed by atoms with Crippen LogP contribution in [-0.4, -0.2) is 41.2 Å². The van der Waals surface area contributed by atoms with Crippen molar-refractivity contribution in [3.8, 4) is 6.01 Å². The van der Waals surface area contributed by atoms with Gasteiger partial charge < -0.3 is 15.0 Å². The summed E-state index contributed by atoms with van der Waals surface area (Å²) in [6, 6.07) is 0.466. The molecule has 0 radical (unpaired) electrons. The molecule has 2 heterocycles. The van der Waals surface area contributed by atoms with Crippen LogP contribution < -0.4 is 15.0 Å². The second-order valence-corrected chi connectivity index (χ2v) is 5.21. The summed E-state index contributed by atoms with van der Waals surface area (Å²) in [5.41, 5.74) is 0. The molecule has 19 heavy (non-hydrogen) atoms. The van der Waals surface area contributed by atoms with Crippen molar-refractivity contribution in [1.29, 1.82) is 0 Å². The number of anilines is 2. The van der Waals surface area contributed by atoms with Crippen LogP contribution in [-0.2, 0) is 0 Å². The van der Waals surface area contributed by atoms with Crippen LogP contribution in [0.25, 0.3) is 0 Å². The second kappa shape index (κ2) is 5.59. The maximum absolute atomic E-state index is 5.89.